The van der Waals surface area contributed by atoms with Gasteiger partial charge < -0.3 is 9.94 Å². The molecule has 0 fully saturated rings. The predicted molar refractivity (Wildman–Crippen MR) is 66.5 cm³/mol. The highest BCUT2D eigenvalue weighted by Crippen LogP contribution is 2.10. The number of aliphatic carboxylic acids is 1. The zero-order chi connectivity index (χ0) is 12.7. The molecule has 0 atom stereocenters. The maximum atomic E-state index is 10.2. The van der Waals surface area contributed by atoms with Gasteiger partial charge in [-0.3, -0.25) is 4.79 Å². The Morgan fingerprint density at radius 3 is 2.65 bits per heavy atom. The van der Waals surface area contributed by atoms with Crippen LogP contribution in [0.3, 0.4) is 0 Å². The highest BCUT2D eigenvalue weighted by molar-refractivity contribution is 6.30. The first-order valence-electron chi connectivity index (χ1n) is 5.24. The molecule has 1 aromatic carbocycles. The third kappa shape index (κ3) is 5.36. The summed E-state index contributed by atoms with van der Waals surface area (Å²) in [6.45, 7) is 2.12. The number of hydrogen-bond acceptors (Lipinski definition) is 3. The van der Waals surface area contributed by atoms with E-state index in [1.54, 1.807) is 12.1 Å². The van der Waals surface area contributed by atoms with Gasteiger partial charge in [0.25, 0.3) is 0 Å². The highest BCUT2D eigenvalue weighted by atomic mass is 35.5. The number of rotatable bonds is 6. The molecule has 0 aliphatic carbocycles. The summed E-state index contributed by atoms with van der Waals surface area (Å²) in [6, 6.07) is 7.25. The van der Waals surface area contributed by atoms with Crippen LogP contribution < -0.4 is 0 Å². The third-order valence-electron chi connectivity index (χ3n) is 2.09. The van der Waals surface area contributed by atoms with E-state index in [0.29, 0.717) is 18.1 Å². The topological polar surface area (TPSA) is 58.9 Å². The quantitative estimate of drug-likeness (QED) is 0.483. The molecule has 0 radical (unpaired) electrons. The van der Waals surface area contributed by atoms with Crippen LogP contribution in [0.25, 0.3) is 0 Å². The zero-order valence-corrected chi connectivity index (χ0v) is 10.3. The van der Waals surface area contributed by atoms with E-state index in [1.807, 2.05) is 19.1 Å². The summed E-state index contributed by atoms with van der Waals surface area (Å²) in [5.41, 5.74) is 1.66. The minimum absolute atomic E-state index is 0.0928. The lowest BCUT2D eigenvalue weighted by molar-refractivity contribution is -0.137. The van der Waals surface area contributed by atoms with Crippen LogP contribution in [0.15, 0.2) is 29.4 Å². The van der Waals surface area contributed by atoms with Gasteiger partial charge in [-0.25, -0.2) is 0 Å². The first-order chi connectivity index (χ1) is 8.09. The molecule has 0 spiro atoms. The van der Waals surface area contributed by atoms with Crippen molar-refractivity contribution in [2.45, 2.75) is 19.8 Å². The first-order valence-corrected chi connectivity index (χ1v) is 5.61. The van der Waals surface area contributed by atoms with E-state index < -0.39 is 5.97 Å². The second-order valence-electron chi connectivity index (χ2n) is 3.51. The minimum atomic E-state index is -0.827. The maximum Gasteiger partial charge on any atom is 0.303 e. The number of carbonyl (C=O) groups is 1. The molecule has 0 bridgehead atoms. The summed E-state index contributed by atoms with van der Waals surface area (Å²) in [6.07, 6.45) is 0.544. The summed E-state index contributed by atoms with van der Waals surface area (Å²) >= 11 is 5.76. The molecule has 1 N–H and O–H groups in total. The van der Waals surface area contributed by atoms with Crippen LogP contribution in [0.1, 0.15) is 25.3 Å². The van der Waals surface area contributed by atoms with E-state index in [9.17, 15) is 4.79 Å². The molecule has 0 amide bonds. The standard InChI is InChI=1S/C12H14ClNO3/c1-9(10-4-6-11(13)7-5-10)14-17-8-2-3-12(15)16/h4-7H,2-3,8H2,1H3,(H,15,16)/b14-9+. The summed E-state index contributed by atoms with van der Waals surface area (Å²) in [5.74, 6) is -0.827. The summed E-state index contributed by atoms with van der Waals surface area (Å²) in [4.78, 5) is 15.3. The molecule has 1 rings (SSSR count). The van der Waals surface area contributed by atoms with E-state index in [0.717, 1.165) is 11.3 Å². The Kier molecular flexibility index (Phi) is 5.49. The number of hydrogen-bond donors (Lipinski definition) is 1. The maximum absolute atomic E-state index is 10.2. The van der Waals surface area contributed by atoms with Crippen LogP contribution in [0.4, 0.5) is 0 Å². The lowest BCUT2D eigenvalue weighted by Gasteiger charge is -2.02. The summed E-state index contributed by atoms with van der Waals surface area (Å²) in [7, 11) is 0. The number of benzene rings is 1. The van der Waals surface area contributed by atoms with Crippen molar-refractivity contribution >= 4 is 23.3 Å². The van der Waals surface area contributed by atoms with Crippen LogP contribution in [-0.2, 0) is 9.63 Å². The Morgan fingerprint density at radius 1 is 1.41 bits per heavy atom. The van der Waals surface area contributed by atoms with Gasteiger partial charge in [-0.1, -0.05) is 28.9 Å². The zero-order valence-electron chi connectivity index (χ0n) is 9.52. The van der Waals surface area contributed by atoms with Crippen molar-refractivity contribution in [3.05, 3.63) is 34.9 Å². The molecule has 0 saturated heterocycles. The van der Waals surface area contributed by atoms with Gasteiger partial charge in [-0.05, 0) is 31.0 Å². The Morgan fingerprint density at radius 2 is 2.06 bits per heavy atom. The fourth-order valence-corrected chi connectivity index (χ4v) is 1.30. The van der Waals surface area contributed by atoms with Gasteiger partial charge in [-0.15, -0.1) is 0 Å². The predicted octanol–water partition coefficient (Wildman–Crippen LogP) is 2.95. The molecule has 17 heavy (non-hydrogen) atoms. The summed E-state index contributed by atoms with van der Waals surface area (Å²) < 4.78 is 0. The number of carboxylic acid groups (broad SMARTS) is 1. The van der Waals surface area contributed by atoms with Crippen LogP contribution in [0.5, 0.6) is 0 Å². The van der Waals surface area contributed by atoms with Gasteiger partial charge >= 0.3 is 5.97 Å². The van der Waals surface area contributed by atoms with Crippen molar-refractivity contribution in [3.8, 4) is 0 Å². The van der Waals surface area contributed by atoms with Crippen molar-refractivity contribution in [2.24, 2.45) is 5.16 Å². The molecule has 1 aromatic rings. The highest BCUT2D eigenvalue weighted by Gasteiger charge is 1.99. The number of carboxylic acids is 1. The van der Waals surface area contributed by atoms with Crippen molar-refractivity contribution in [2.75, 3.05) is 6.61 Å². The SMILES string of the molecule is C/C(=N\OCCCC(=O)O)c1ccc(Cl)cc1. The first kappa shape index (κ1) is 13.5. The summed E-state index contributed by atoms with van der Waals surface area (Å²) in [5, 5.41) is 13.0. The van der Waals surface area contributed by atoms with E-state index in [4.69, 9.17) is 21.5 Å². The van der Waals surface area contributed by atoms with Gasteiger partial charge in [0.15, 0.2) is 0 Å². The van der Waals surface area contributed by atoms with E-state index in [2.05, 4.69) is 5.16 Å². The monoisotopic (exact) mass is 255 g/mol. The Hall–Kier alpha value is -1.55. The van der Waals surface area contributed by atoms with Gasteiger partial charge in [0.1, 0.15) is 6.61 Å². The molecule has 0 aliphatic rings. The van der Waals surface area contributed by atoms with Gasteiger partial charge in [0.2, 0.25) is 0 Å². The fourth-order valence-electron chi connectivity index (χ4n) is 1.17. The minimum Gasteiger partial charge on any atom is -0.481 e. The molecular weight excluding hydrogens is 242 g/mol. The lowest BCUT2D eigenvalue weighted by atomic mass is 10.1. The van der Waals surface area contributed by atoms with E-state index >= 15 is 0 Å². The number of halogens is 1. The lowest BCUT2D eigenvalue weighted by Crippen LogP contribution is -2.00. The number of nitrogens with zero attached hydrogens (tertiary/aromatic N) is 1. The molecule has 0 aromatic heterocycles. The van der Waals surface area contributed by atoms with Crippen molar-refractivity contribution in [3.63, 3.8) is 0 Å². The Balaban J connectivity index is 2.39. The molecule has 92 valence electrons. The van der Waals surface area contributed by atoms with Crippen LogP contribution in [0.2, 0.25) is 5.02 Å². The van der Waals surface area contributed by atoms with Gasteiger partial charge in [0.05, 0.1) is 5.71 Å². The van der Waals surface area contributed by atoms with Crippen LogP contribution in [0, 0.1) is 0 Å². The number of oxime groups is 1. The molecular formula is C12H14ClNO3. The normalized spacial score (nSPS) is 11.3. The van der Waals surface area contributed by atoms with Crippen molar-refractivity contribution in [1.29, 1.82) is 0 Å². The second-order valence-corrected chi connectivity index (χ2v) is 3.95. The van der Waals surface area contributed by atoms with Crippen LogP contribution in [-0.4, -0.2) is 23.4 Å². The molecule has 0 unspecified atom stereocenters. The van der Waals surface area contributed by atoms with Crippen LogP contribution >= 0.6 is 11.6 Å². The van der Waals surface area contributed by atoms with Gasteiger partial charge in [0, 0.05) is 11.4 Å². The Labute approximate surface area is 105 Å². The molecule has 0 heterocycles. The van der Waals surface area contributed by atoms with E-state index in [-0.39, 0.29) is 6.42 Å². The van der Waals surface area contributed by atoms with Crippen molar-refractivity contribution in [1.82, 2.24) is 0 Å². The third-order valence-corrected chi connectivity index (χ3v) is 2.34. The van der Waals surface area contributed by atoms with E-state index in [1.165, 1.54) is 0 Å². The Bertz CT molecular complexity index is 401. The van der Waals surface area contributed by atoms with Gasteiger partial charge in [-0.2, -0.15) is 0 Å². The molecule has 5 heteroatoms. The average molecular weight is 256 g/mol. The molecule has 0 saturated carbocycles. The smallest absolute Gasteiger partial charge is 0.303 e. The largest absolute Gasteiger partial charge is 0.481 e. The molecule has 4 nitrogen and oxygen atoms in total. The molecule has 0 aliphatic heterocycles. The fraction of sp³-hybridized carbons (Fsp3) is 0.333. The average Bonchev–Trinajstić information content (AvgIpc) is 2.29. The second kappa shape index (κ2) is 6.91. The van der Waals surface area contributed by atoms with Crippen molar-refractivity contribution < 1.29 is 14.7 Å².